The number of nitrogens with zero attached hydrogens (tertiary/aromatic N) is 4. The lowest BCUT2D eigenvalue weighted by Crippen LogP contribution is -2.51. The van der Waals surface area contributed by atoms with Crippen molar-refractivity contribution in [3.05, 3.63) is 88.7 Å². The molecule has 7 nitrogen and oxygen atoms in total. The SMILES string of the molecule is CN1c2ccccc2C(=O)N2CCc3c(n(CC(=O)Nc4cc(Cl)ccn4)c4ccccc34)C21. The van der Waals surface area contributed by atoms with Gasteiger partial charge in [0, 0.05) is 35.7 Å². The quantitative estimate of drug-likeness (QED) is 0.478. The van der Waals surface area contributed by atoms with Gasteiger partial charge in [0.05, 0.1) is 16.9 Å². The van der Waals surface area contributed by atoms with Gasteiger partial charge < -0.3 is 19.7 Å². The Morgan fingerprint density at radius 1 is 1.15 bits per heavy atom. The fourth-order valence-electron chi connectivity index (χ4n) is 5.28. The first-order valence-corrected chi connectivity index (χ1v) is 11.5. The second-order valence-corrected chi connectivity index (χ2v) is 9.06. The van der Waals surface area contributed by atoms with Crippen LogP contribution in [0.25, 0.3) is 10.9 Å². The molecule has 1 atom stereocenters. The first-order valence-electron chi connectivity index (χ1n) is 11.2. The number of carbonyl (C=O) groups is 2. The van der Waals surface area contributed by atoms with Gasteiger partial charge in [0.25, 0.3) is 5.91 Å². The van der Waals surface area contributed by atoms with Crippen LogP contribution in [0.4, 0.5) is 11.5 Å². The zero-order valence-corrected chi connectivity index (χ0v) is 19.3. The average Bonchev–Trinajstić information content (AvgIpc) is 3.16. The van der Waals surface area contributed by atoms with Gasteiger partial charge in [-0.25, -0.2) is 4.98 Å². The summed E-state index contributed by atoms with van der Waals surface area (Å²) in [6.07, 6.45) is 2.00. The van der Waals surface area contributed by atoms with Crippen molar-refractivity contribution < 1.29 is 9.59 Å². The van der Waals surface area contributed by atoms with Crippen molar-refractivity contribution >= 4 is 45.8 Å². The smallest absolute Gasteiger partial charge is 0.257 e. The van der Waals surface area contributed by atoms with Crippen molar-refractivity contribution in [2.45, 2.75) is 19.1 Å². The van der Waals surface area contributed by atoms with Gasteiger partial charge in [-0.1, -0.05) is 41.9 Å². The van der Waals surface area contributed by atoms with Crippen LogP contribution in [0.5, 0.6) is 0 Å². The van der Waals surface area contributed by atoms with Crippen molar-refractivity contribution in [2.75, 3.05) is 23.8 Å². The summed E-state index contributed by atoms with van der Waals surface area (Å²) in [6.45, 7) is 0.722. The number of nitrogens with one attached hydrogen (secondary N) is 1. The maximum atomic E-state index is 13.4. The van der Waals surface area contributed by atoms with Crippen LogP contribution >= 0.6 is 11.6 Å². The number of anilines is 2. The third-order valence-electron chi connectivity index (χ3n) is 6.70. The van der Waals surface area contributed by atoms with Crippen molar-refractivity contribution in [2.24, 2.45) is 0 Å². The van der Waals surface area contributed by atoms with Crippen LogP contribution in [0, 0.1) is 0 Å². The Balaban J connectivity index is 1.46. The molecule has 8 heteroatoms. The zero-order valence-electron chi connectivity index (χ0n) is 18.5. The summed E-state index contributed by atoms with van der Waals surface area (Å²) in [5, 5.41) is 4.47. The van der Waals surface area contributed by atoms with Gasteiger partial charge in [-0.3, -0.25) is 9.59 Å². The van der Waals surface area contributed by atoms with Gasteiger partial charge in [0.1, 0.15) is 18.5 Å². The lowest BCUT2D eigenvalue weighted by molar-refractivity contribution is -0.116. The molecule has 6 rings (SSSR count). The largest absolute Gasteiger partial charge is 0.349 e. The number of fused-ring (bicyclic) bond motifs is 6. The molecule has 2 aromatic heterocycles. The zero-order chi connectivity index (χ0) is 23.4. The maximum absolute atomic E-state index is 13.4. The Labute approximate surface area is 201 Å². The van der Waals surface area contributed by atoms with Crippen LogP contribution in [-0.2, 0) is 17.8 Å². The van der Waals surface area contributed by atoms with E-state index in [0.717, 1.165) is 28.7 Å². The van der Waals surface area contributed by atoms with E-state index < -0.39 is 0 Å². The summed E-state index contributed by atoms with van der Waals surface area (Å²) in [7, 11) is 2.01. The number of hydrogen-bond donors (Lipinski definition) is 1. The number of amides is 2. The Morgan fingerprint density at radius 2 is 1.94 bits per heavy atom. The Morgan fingerprint density at radius 3 is 2.79 bits per heavy atom. The Bertz CT molecular complexity index is 1460. The Kier molecular flexibility index (Phi) is 4.81. The molecule has 1 N–H and O–H groups in total. The summed E-state index contributed by atoms with van der Waals surface area (Å²) < 4.78 is 2.04. The number of halogens is 1. The van der Waals surface area contributed by atoms with Gasteiger partial charge in [-0.2, -0.15) is 0 Å². The molecule has 0 fully saturated rings. The molecule has 4 heterocycles. The monoisotopic (exact) mass is 471 g/mol. The fourth-order valence-corrected chi connectivity index (χ4v) is 5.44. The highest BCUT2D eigenvalue weighted by molar-refractivity contribution is 6.30. The number of benzene rings is 2. The van der Waals surface area contributed by atoms with E-state index in [1.165, 1.54) is 5.56 Å². The van der Waals surface area contributed by atoms with E-state index >= 15 is 0 Å². The first kappa shape index (κ1) is 20.7. The van der Waals surface area contributed by atoms with Crippen molar-refractivity contribution in [3.8, 4) is 0 Å². The number of rotatable bonds is 3. The summed E-state index contributed by atoms with van der Waals surface area (Å²) in [5.41, 5.74) is 4.74. The molecular weight excluding hydrogens is 450 g/mol. The minimum atomic E-state index is -0.296. The van der Waals surface area contributed by atoms with Gasteiger partial charge in [-0.05, 0) is 42.3 Å². The van der Waals surface area contributed by atoms with Crippen molar-refractivity contribution in [3.63, 3.8) is 0 Å². The molecule has 1 unspecified atom stereocenters. The highest BCUT2D eigenvalue weighted by atomic mass is 35.5. The normalized spacial score (nSPS) is 16.8. The summed E-state index contributed by atoms with van der Waals surface area (Å²) >= 11 is 6.05. The summed E-state index contributed by atoms with van der Waals surface area (Å²) in [5.74, 6) is 0.220. The molecule has 34 heavy (non-hydrogen) atoms. The van der Waals surface area contributed by atoms with Crippen molar-refractivity contribution in [1.82, 2.24) is 14.5 Å². The highest BCUT2D eigenvalue weighted by Gasteiger charge is 2.42. The second kappa shape index (κ2) is 7.88. The Hall–Kier alpha value is -3.84. The van der Waals surface area contributed by atoms with E-state index in [2.05, 4.69) is 21.3 Å². The number of hydrogen-bond acceptors (Lipinski definition) is 4. The van der Waals surface area contributed by atoms with Crippen LogP contribution < -0.4 is 10.2 Å². The van der Waals surface area contributed by atoms with Gasteiger partial charge in [-0.15, -0.1) is 0 Å². The summed E-state index contributed by atoms with van der Waals surface area (Å²) in [4.78, 5) is 34.8. The molecule has 2 amide bonds. The molecule has 2 aliphatic rings. The predicted molar refractivity (Wildman–Crippen MR) is 132 cm³/mol. The van der Waals surface area contributed by atoms with Crippen LogP contribution in [0.3, 0.4) is 0 Å². The standard InChI is InChI=1S/C26H22ClN5O2/c1-30-20-8-4-3-7-19(20)26(34)31-13-11-18-17-6-2-5-9-21(17)32(24(18)25(30)31)15-23(33)29-22-14-16(27)10-12-28-22/h2-10,12,14,25H,11,13,15H2,1H3,(H,28,29,33). The minimum absolute atomic E-state index is 0.0220. The van der Waals surface area contributed by atoms with Crippen LogP contribution in [0.1, 0.15) is 27.8 Å². The molecule has 170 valence electrons. The maximum Gasteiger partial charge on any atom is 0.257 e. The molecule has 2 aromatic carbocycles. The van der Waals surface area contributed by atoms with E-state index in [4.69, 9.17) is 11.6 Å². The summed E-state index contributed by atoms with van der Waals surface area (Å²) in [6, 6.07) is 19.1. The van der Waals surface area contributed by atoms with Crippen LogP contribution in [0.2, 0.25) is 5.02 Å². The number of para-hydroxylation sites is 2. The van der Waals surface area contributed by atoms with Crippen LogP contribution in [0.15, 0.2) is 66.9 Å². The number of aromatic nitrogens is 2. The third kappa shape index (κ3) is 3.15. The molecule has 0 saturated heterocycles. The van der Waals surface area contributed by atoms with Crippen molar-refractivity contribution in [1.29, 1.82) is 0 Å². The van der Waals surface area contributed by atoms with Gasteiger partial charge >= 0.3 is 0 Å². The molecule has 0 radical (unpaired) electrons. The van der Waals surface area contributed by atoms with Crippen LogP contribution in [-0.4, -0.2) is 39.9 Å². The highest BCUT2D eigenvalue weighted by Crippen LogP contribution is 2.44. The number of carbonyl (C=O) groups excluding carboxylic acids is 2. The molecule has 4 aromatic rings. The molecule has 0 saturated carbocycles. The lowest BCUT2D eigenvalue weighted by Gasteiger charge is -2.46. The van der Waals surface area contributed by atoms with E-state index in [-0.39, 0.29) is 24.5 Å². The fraction of sp³-hybridized carbons (Fsp3) is 0.192. The van der Waals surface area contributed by atoms with E-state index in [1.54, 1.807) is 18.3 Å². The molecule has 0 spiro atoms. The topological polar surface area (TPSA) is 70.5 Å². The second-order valence-electron chi connectivity index (χ2n) is 8.62. The number of pyridine rings is 1. The van der Waals surface area contributed by atoms with E-state index in [1.807, 2.05) is 59.0 Å². The molecule has 0 bridgehead atoms. The van der Waals surface area contributed by atoms with Gasteiger partial charge in [0.2, 0.25) is 5.91 Å². The lowest BCUT2D eigenvalue weighted by atomic mass is 9.96. The molecule has 2 aliphatic heterocycles. The minimum Gasteiger partial charge on any atom is -0.349 e. The average molecular weight is 472 g/mol. The molecule has 0 aliphatic carbocycles. The first-order chi connectivity index (χ1) is 16.5. The molecular formula is C26H22ClN5O2. The third-order valence-corrected chi connectivity index (χ3v) is 6.93. The predicted octanol–water partition coefficient (Wildman–Crippen LogP) is 4.48. The van der Waals surface area contributed by atoms with E-state index in [0.29, 0.717) is 22.9 Å². The van der Waals surface area contributed by atoms with E-state index in [9.17, 15) is 9.59 Å². The van der Waals surface area contributed by atoms with Gasteiger partial charge in [0.15, 0.2) is 0 Å².